The number of aliphatic hydroxyl groups is 1. The third-order valence-electron chi connectivity index (χ3n) is 3.40. The van der Waals surface area contributed by atoms with E-state index in [0.717, 1.165) is 15.5 Å². The van der Waals surface area contributed by atoms with Crippen molar-refractivity contribution in [2.24, 2.45) is 0 Å². The van der Waals surface area contributed by atoms with Gasteiger partial charge >= 0.3 is 0 Å². The zero-order valence-corrected chi connectivity index (χ0v) is 10.8. The molecule has 98 valence electrons. The second-order valence-corrected chi connectivity index (χ2v) is 5.24. The van der Waals surface area contributed by atoms with Gasteiger partial charge < -0.3 is 15.4 Å². The molecule has 0 amide bonds. The first kappa shape index (κ1) is 11.9. The summed E-state index contributed by atoms with van der Waals surface area (Å²) in [7, 11) is 0. The van der Waals surface area contributed by atoms with E-state index in [0.29, 0.717) is 16.6 Å². The largest absolute Gasteiger partial charge is 0.507 e. The predicted molar refractivity (Wildman–Crippen MR) is 73.5 cm³/mol. The number of benzene rings is 2. The highest BCUT2D eigenvalue weighted by molar-refractivity contribution is 6.09. The molecule has 3 aromatic rings. The molecule has 0 atom stereocenters. The lowest BCUT2D eigenvalue weighted by Gasteiger charge is -2.20. The van der Waals surface area contributed by atoms with Gasteiger partial charge in [-0.25, -0.2) is 0 Å². The number of aromatic nitrogens is 1. The number of aromatic hydroxyl groups is 1. The lowest BCUT2D eigenvalue weighted by molar-refractivity contribution is 0.0758. The van der Waals surface area contributed by atoms with Crippen molar-refractivity contribution in [3.8, 4) is 5.75 Å². The van der Waals surface area contributed by atoms with Crippen LogP contribution in [0, 0.1) is 0 Å². The summed E-state index contributed by atoms with van der Waals surface area (Å²) in [5.74, 6) is -0.0295. The molecule has 4 heteroatoms. The van der Waals surface area contributed by atoms with Crippen LogP contribution in [0.2, 0.25) is 0 Å². The van der Waals surface area contributed by atoms with Gasteiger partial charge in [-0.15, -0.1) is 0 Å². The molecule has 0 aliphatic heterocycles. The van der Waals surface area contributed by atoms with Crippen LogP contribution in [0.1, 0.15) is 19.4 Å². The maximum absolute atomic E-state index is 10.3. The monoisotopic (exact) mass is 257 g/mol. The summed E-state index contributed by atoms with van der Waals surface area (Å²) in [4.78, 5) is 0. The predicted octanol–water partition coefficient (Wildman–Crippen LogP) is 2.96. The van der Waals surface area contributed by atoms with E-state index in [1.165, 1.54) is 0 Å². The number of phenols is 1. The van der Waals surface area contributed by atoms with Crippen LogP contribution in [0.15, 0.2) is 36.4 Å². The van der Waals surface area contributed by atoms with E-state index < -0.39 is 5.60 Å². The first-order chi connectivity index (χ1) is 8.91. The topological polar surface area (TPSA) is 65.6 Å². The van der Waals surface area contributed by atoms with Gasteiger partial charge in [0.1, 0.15) is 5.75 Å². The third kappa shape index (κ3) is 1.57. The summed E-state index contributed by atoms with van der Waals surface area (Å²) < 4.78 is 1.03. The SMILES string of the molecule is CC(C)(O)c1c(O)ccc2c3ccccc3n(O)c12. The molecule has 1 aromatic heterocycles. The Morgan fingerprint density at radius 3 is 2.37 bits per heavy atom. The van der Waals surface area contributed by atoms with Crippen molar-refractivity contribution in [2.45, 2.75) is 19.4 Å². The fraction of sp³-hybridized carbons (Fsp3) is 0.200. The van der Waals surface area contributed by atoms with E-state index in [2.05, 4.69) is 0 Å². The average molecular weight is 257 g/mol. The Morgan fingerprint density at radius 2 is 1.68 bits per heavy atom. The van der Waals surface area contributed by atoms with E-state index in [1.807, 2.05) is 18.2 Å². The second kappa shape index (κ2) is 3.65. The molecule has 0 aliphatic carbocycles. The van der Waals surface area contributed by atoms with Gasteiger partial charge in [-0.2, -0.15) is 4.73 Å². The highest BCUT2D eigenvalue weighted by Gasteiger charge is 2.27. The maximum Gasteiger partial charge on any atom is 0.123 e. The lowest BCUT2D eigenvalue weighted by Crippen LogP contribution is -2.17. The van der Waals surface area contributed by atoms with Gasteiger partial charge in [0.05, 0.1) is 22.2 Å². The minimum Gasteiger partial charge on any atom is -0.507 e. The van der Waals surface area contributed by atoms with Crippen LogP contribution < -0.4 is 0 Å². The Bertz CT molecular complexity index is 781. The molecule has 0 saturated carbocycles. The van der Waals surface area contributed by atoms with Gasteiger partial charge in [0.15, 0.2) is 0 Å². The van der Waals surface area contributed by atoms with Gasteiger partial charge in [-0.3, -0.25) is 0 Å². The van der Waals surface area contributed by atoms with Crippen molar-refractivity contribution in [1.82, 2.24) is 4.73 Å². The molecular formula is C15H15NO3. The quantitative estimate of drug-likeness (QED) is 0.587. The van der Waals surface area contributed by atoms with Gasteiger partial charge in [0, 0.05) is 10.8 Å². The highest BCUT2D eigenvalue weighted by Crippen LogP contribution is 2.39. The molecule has 2 aromatic carbocycles. The summed E-state index contributed by atoms with van der Waals surface area (Å²) in [5.41, 5.74) is 0.157. The number of para-hydroxylation sites is 1. The summed E-state index contributed by atoms with van der Waals surface area (Å²) in [6, 6.07) is 10.7. The molecule has 0 spiro atoms. The molecule has 4 nitrogen and oxygen atoms in total. The van der Waals surface area contributed by atoms with Crippen LogP contribution in [0.5, 0.6) is 5.75 Å². The van der Waals surface area contributed by atoms with Crippen LogP contribution in [0.25, 0.3) is 21.8 Å². The van der Waals surface area contributed by atoms with Crippen LogP contribution in [-0.4, -0.2) is 20.2 Å². The molecule has 0 saturated heterocycles. The zero-order valence-electron chi connectivity index (χ0n) is 10.8. The number of phenolic OH excluding ortho intramolecular Hbond substituents is 1. The number of hydrogen-bond acceptors (Lipinski definition) is 3. The lowest BCUT2D eigenvalue weighted by atomic mass is 9.94. The summed E-state index contributed by atoms with van der Waals surface area (Å²) in [6.07, 6.45) is 0. The van der Waals surface area contributed by atoms with Crippen molar-refractivity contribution in [1.29, 1.82) is 0 Å². The molecule has 19 heavy (non-hydrogen) atoms. The van der Waals surface area contributed by atoms with Crippen LogP contribution >= 0.6 is 0 Å². The van der Waals surface area contributed by atoms with E-state index >= 15 is 0 Å². The van der Waals surface area contributed by atoms with Crippen LogP contribution in [0.4, 0.5) is 0 Å². The second-order valence-electron chi connectivity index (χ2n) is 5.24. The number of hydrogen-bond donors (Lipinski definition) is 3. The van der Waals surface area contributed by atoms with E-state index in [4.69, 9.17) is 0 Å². The molecule has 3 rings (SSSR count). The summed E-state index contributed by atoms with van der Waals surface area (Å²) in [6.45, 7) is 3.16. The van der Waals surface area contributed by atoms with Gasteiger partial charge in [-0.05, 0) is 32.0 Å². The normalized spacial score (nSPS) is 12.4. The van der Waals surface area contributed by atoms with Crippen molar-refractivity contribution in [3.63, 3.8) is 0 Å². The van der Waals surface area contributed by atoms with E-state index in [1.54, 1.807) is 32.0 Å². The molecule has 0 bridgehead atoms. The Morgan fingerprint density at radius 1 is 1.00 bits per heavy atom. The molecular weight excluding hydrogens is 242 g/mol. The Labute approximate surface area is 110 Å². The standard InChI is InChI=1S/C15H15NO3/c1-15(2,18)13-12(17)8-7-10-9-5-3-4-6-11(9)16(19)14(10)13/h3-8,17-19H,1-2H3. The molecule has 0 radical (unpaired) electrons. The Hall–Kier alpha value is -2.20. The molecule has 1 heterocycles. The van der Waals surface area contributed by atoms with Crippen LogP contribution in [-0.2, 0) is 5.60 Å². The van der Waals surface area contributed by atoms with Crippen molar-refractivity contribution in [2.75, 3.05) is 0 Å². The molecule has 0 unspecified atom stereocenters. The molecule has 3 N–H and O–H groups in total. The maximum atomic E-state index is 10.3. The minimum absolute atomic E-state index is 0.0295. The highest BCUT2D eigenvalue weighted by atomic mass is 16.5. The van der Waals surface area contributed by atoms with Crippen LogP contribution in [0.3, 0.4) is 0 Å². The average Bonchev–Trinajstić information content (AvgIpc) is 2.62. The Balaban J connectivity index is 2.60. The van der Waals surface area contributed by atoms with E-state index in [9.17, 15) is 15.4 Å². The Kier molecular flexibility index (Phi) is 2.28. The summed E-state index contributed by atoms with van der Waals surface area (Å²) in [5, 5.41) is 32.2. The molecule has 0 fully saturated rings. The zero-order chi connectivity index (χ0) is 13.8. The first-order valence-corrected chi connectivity index (χ1v) is 6.08. The fourth-order valence-corrected chi connectivity index (χ4v) is 2.63. The van der Waals surface area contributed by atoms with Crippen molar-refractivity contribution in [3.05, 3.63) is 42.0 Å². The fourth-order valence-electron chi connectivity index (χ4n) is 2.63. The third-order valence-corrected chi connectivity index (χ3v) is 3.40. The first-order valence-electron chi connectivity index (χ1n) is 6.08. The van der Waals surface area contributed by atoms with Gasteiger partial charge in [0.25, 0.3) is 0 Å². The summed E-state index contributed by atoms with van der Waals surface area (Å²) >= 11 is 0. The smallest absolute Gasteiger partial charge is 0.123 e. The van der Waals surface area contributed by atoms with Gasteiger partial charge in [0.2, 0.25) is 0 Å². The van der Waals surface area contributed by atoms with Crippen molar-refractivity contribution >= 4 is 21.8 Å². The van der Waals surface area contributed by atoms with Crippen molar-refractivity contribution < 1.29 is 15.4 Å². The number of fused-ring (bicyclic) bond motifs is 3. The number of rotatable bonds is 1. The van der Waals surface area contributed by atoms with E-state index in [-0.39, 0.29) is 5.75 Å². The van der Waals surface area contributed by atoms with Gasteiger partial charge in [-0.1, -0.05) is 18.2 Å². The minimum atomic E-state index is -1.25. The number of nitrogens with zero attached hydrogens (tertiary/aromatic N) is 1. The molecule has 0 aliphatic rings.